The van der Waals surface area contributed by atoms with Crippen molar-refractivity contribution in [3.63, 3.8) is 0 Å². The normalized spacial score (nSPS) is 19.8. The predicted octanol–water partition coefficient (Wildman–Crippen LogP) is 3.21. The maximum absolute atomic E-state index is 13.7. The van der Waals surface area contributed by atoms with E-state index in [0.717, 1.165) is 10.4 Å². The second-order valence-electron chi connectivity index (χ2n) is 10.6. The quantitative estimate of drug-likeness (QED) is 0.479. The van der Waals surface area contributed by atoms with Crippen molar-refractivity contribution in [2.45, 2.75) is 71.1 Å². The van der Waals surface area contributed by atoms with E-state index < -0.39 is 30.3 Å². The molecule has 3 heterocycles. The molecule has 2 N–H and O–H groups in total. The van der Waals surface area contributed by atoms with Crippen LogP contribution < -0.4 is 15.4 Å². The number of benzene rings is 1. The fourth-order valence-electron chi connectivity index (χ4n) is 5.43. The molecule has 2 fully saturated rings. The van der Waals surface area contributed by atoms with E-state index >= 15 is 0 Å². The van der Waals surface area contributed by atoms with Crippen molar-refractivity contribution >= 4 is 40.9 Å². The summed E-state index contributed by atoms with van der Waals surface area (Å²) in [5.74, 6) is -1.15. The number of Topliss-reactive ketones (excluding diaryl/α,β-unsaturated/α-hetero) is 1. The van der Waals surface area contributed by atoms with Gasteiger partial charge in [0.2, 0.25) is 17.7 Å². The first kappa shape index (κ1) is 29.3. The molecule has 2 aliphatic heterocycles. The average molecular weight is 569 g/mol. The SMILES string of the molecule is CCC(NC(C)=O)C(=O)N1CC(=O)C2C1CCN2C(=O)C(CC(C)C)NC(=O)Oc1ccc(-c2ccccc2)s1. The lowest BCUT2D eigenvalue weighted by Crippen LogP contribution is -2.53. The van der Waals surface area contributed by atoms with E-state index in [0.29, 0.717) is 24.3 Å². The molecule has 214 valence electrons. The molecule has 4 amide bonds. The predicted molar refractivity (Wildman–Crippen MR) is 151 cm³/mol. The number of likely N-dealkylation sites (tertiary alicyclic amines) is 2. The van der Waals surface area contributed by atoms with Crippen molar-refractivity contribution < 1.29 is 28.7 Å². The zero-order chi connectivity index (χ0) is 29.0. The number of carbonyl (C=O) groups excluding carboxylic acids is 5. The van der Waals surface area contributed by atoms with Crippen molar-refractivity contribution in [3.8, 4) is 15.5 Å². The van der Waals surface area contributed by atoms with Crippen LogP contribution in [0, 0.1) is 5.92 Å². The monoisotopic (exact) mass is 568 g/mol. The van der Waals surface area contributed by atoms with Gasteiger partial charge in [-0.1, -0.05) is 62.4 Å². The lowest BCUT2D eigenvalue weighted by molar-refractivity contribution is -0.138. The molecule has 4 atom stereocenters. The summed E-state index contributed by atoms with van der Waals surface area (Å²) in [5.41, 5.74) is 1.01. The first-order valence-corrected chi connectivity index (χ1v) is 14.4. The lowest BCUT2D eigenvalue weighted by atomic mass is 10.0. The molecule has 40 heavy (non-hydrogen) atoms. The molecule has 4 rings (SSSR count). The van der Waals surface area contributed by atoms with E-state index in [9.17, 15) is 24.0 Å². The topological polar surface area (TPSA) is 125 Å². The average Bonchev–Trinajstić information content (AvgIpc) is 3.63. The molecule has 1 aromatic carbocycles. The highest BCUT2D eigenvalue weighted by Crippen LogP contribution is 2.33. The molecule has 0 aliphatic carbocycles. The number of carbonyl (C=O) groups is 5. The number of fused-ring (bicyclic) bond motifs is 1. The molecule has 0 radical (unpaired) electrons. The fraction of sp³-hybridized carbons (Fsp3) is 0.483. The van der Waals surface area contributed by atoms with Gasteiger partial charge in [0, 0.05) is 18.3 Å². The van der Waals surface area contributed by atoms with Gasteiger partial charge in [-0.2, -0.15) is 0 Å². The maximum Gasteiger partial charge on any atom is 0.414 e. The molecule has 2 aromatic rings. The third-order valence-corrected chi connectivity index (χ3v) is 8.21. The minimum Gasteiger partial charge on any atom is -0.399 e. The van der Waals surface area contributed by atoms with Gasteiger partial charge < -0.3 is 25.2 Å². The highest BCUT2D eigenvalue weighted by atomic mass is 32.1. The summed E-state index contributed by atoms with van der Waals surface area (Å²) in [4.78, 5) is 68.2. The Kier molecular flexibility index (Phi) is 9.24. The largest absolute Gasteiger partial charge is 0.414 e. The number of hydrogen-bond donors (Lipinski definition) is 2. The van der Waals surface area contributed by atoms with Gasteiger partial charge >= 0.3 is 6.09 Å². The molecular formula is C29H36N4O6S. The Bertz CT molecular complexity index is 1260. The molecule has 4 unspecified atom stereocenters. The van der Waals surface area contributed by atoms with E-state index in [4.69, 9.17) is 4.74 Å². The van der Waals surface area contributed by atoms with Crippen molar-refractivity contribution in [3.05, 3.63) is 42.5 Å². The highest BCUT2D eigenvalue weighted by molar-refractivity contribution is 7.17. The van der Waals surface area contributed by atoms with Gasteiger partial charge in [-0.25, -0.2) is 4.79 Å². The van der Waals surface area contributed by atoms with Gasteiger partial charge in [-0.05, 0) is 42.9 Å². The zero-order valence-corrected chi connectivity index (χ0v) is 24.0. The summed E-state index contributed by atoms with van der Waals surface area (Å²) in [5, 5.41) is 5.76. The molecule has 11 heteroatoms. The summed E-state index contributed by atoms with van der Waals surface area (Å²) in [6.07, 6.45) is 0.453. The first-order valence-electron chi connectivity index (χ1n) is 13.6. The molecule has 1 aromatic heterocycles. The minimum absolute atomic E-state index is 0.0828. The van der Waals surface area contributed by atoms with Gasteiger partial charge in [0.05, 0.1) is 12.6 Å². The Morgan fingerprint density at radius 2 is 1.70 bits per heavy atom. The number of thiophene rings is 1. The number of ether oxygens (including phenoxy) is 1. The molecule has 0 bridgehead atoms. The lowest BCUT2D eigenvalue weighted by Gasteiger charge is -2.29. The van der Waals surface area contributed by atoms with Crippen LogP contribution in [0.25, 0.3) is 10.4 Å². The standard InChI is InChI=1S/C29H36N4O6S/c1-5-20(30-18(4)34)27(36)33-16-23(35)26-22(33)13-14-32(26)28(37)21(15-17(2)3)31-29(38)39-25-12-11-24(40-25)19-9-7-6-8-10-19/h6-12,17,20-22,26H,5,13-16H2,1-4H3,(H,30,34)(H,31,38). The third-order valence-electron chi connectivity index (χ3n) is 7.20. The summed E-state index contributed by atoms with van der Waals surface area (Å²) in [6.45, 7) is 7.20. The number of ketones is 1. The minimum atomic E-state index is -0.889. The molecule has 0 spiro atoms. The molecule has 2 saturated heterocycles. The van der Waals surface area contributed by atoms with Crippen LogP contribution in [0.2, 0.25) is 0 Å². The highest BCUT2D eigenvalue weighted by Gasteiger charge is 2.52. The van der Waals surface area contributed by atoms with E-state index in [2.05, 4.69) is 10.6 Å². The molecule has 2 aliphatic rings. The van der Waals surface area contributed by atoms with Gasteiger partial charge in [0.1, 0.15) is 18.1 Å². The van der Waals surface area contributed by atoms with Gasteiger partial charge in [0.25, 0.3) is 0 Å². The van der Waals surface area contributed by atoms with Crippen LogP contribution in [0.5, 0.6) is 5.06 Å². The van der Waals surface area contributed by atoms with Crippen molar-refractivity contribution in [1.82, 2.24) is 20.4 Å². The number of hydrogen-bond acceptors (Lipinski definition) is 7. The summed E-state index contributed by atoms with van der Waals surface area (Å²) in [6, 6.07) is 10.5. The molecule has 10 nitrogen and oxygen atoms in total. The third kappa shape index (κ3) is 6.52. The van der Waals surface area contributed by atoms with E-state index in [-0.39, 0.29) is 42.5 Å². The van der Waals surface area contributed by atoms with Gasteiger partial charge in [-0.15, -0.1) is 0 Å². The van der Waals surface area contributed by atoms with E-state index in [1.54, 1.807) is 13.0 Å². The smallest absolute Gasteiger partial charge is 0.399 e. The summed E-state index contributed by atoms with van der Waals surface area (Å²) in [7, 11) is 0. The second kappa shape index (κ2) is 12.6. The Morgan fingerprint density at radius 3 is 2.35 bits per heavy atom. The van der Waals surface area contributed by atoms with E-state index in [1.165, 1.54) is 28.1 Å². The van der Waals surface area contributed by atoms with E-state index in [1.807, 2.05) is 50.2 Å². The fourth-order valence-corrected chi connectivity index (χ4v) is 6.29. The van der Waals surface area contributed by atoms with Crippen LogP contribution >= 0.6 is 11.3 Å². The molecule has 0 saturated carbocycles. The summed E-state index contributed by atoms with van der Waals surface area (Å²) >= 11 is 1.33. The van der Waals surface area contributed by atoms with Crippen molar-refractivity contribution in [1.29, 1.82) is 0 Å². The Hall–Kier alpha value is -3.73. The zero-order valence-electron chi connectivity index (χ0n) is 23.2. The Morgan fingerprint density at radius 1 is 1.00 bits per heavy atom. The van der Waals surface area contributed by atoms with Gasteiger partial charge in [0.15, 0.2) is 10.8 Å². The Labute approximate surface area is 238 Å². The number of rotatable bonds is 9. The van der Waals surface area contributed by atoms with Crippen LogP contribution in [-0.2, 0) is 19.2 Å². The van der Waals surface area contributed by atoms with Crippen LogP contribution in [0.1, 0.15) is 47.0 Å². The first-order chi connectivity index (χ1) is 19.1. The number of nitrogens with one attached hydrogen (secondary N) is 2. The maximum atomic E-state index is 13.7. The Balaban J connectivity index is 1.43. The van der Waals surface area contributed by atoms with Gasteiger partial charge in [-0.3, -0.25) is 19.2 Å². The second-order valence-corrected chi connectivity index (χ2v) is 11.7. The van der Waals surface area contributed by atoms with Crippen molar-refractivity contribution in [2.75, 3.05) is 13.1 Å². The van der Waals surface area contributed by atoms with Crippen LogP contribution in [0.3, 0.4) is 0 Å². The van der Waals surface area contributed by atoms with Crippen LogP contribution in [-0.4, -0.2) is 76.7 Å². The molecular weight excluding hydrogens is 532 g/mol. The van der Waals surface area contributed by atoms with Crippen molar-refractivity contribution in [2.24, 2.45) is 5.92 Å². The van der Waals surface area contributed by atoms with Crippen LogP contribution in [0.15, 0.2) is 42.5 Å². The van der Waals surface area contributed by atoms with Crippen LogP contribution in [0.4, 0.5) is 4.79 Å². The number of amides is 4. The summed E-state index contributed by atoms with van der Waals surface area (Å²) < 4.78 is 5.51. The number of nitrogens with zero attached hydrogens (tertiary/aromatic N) is 2.